The van der Waals surface area contributed by atoms with Gasteiger partial charge < -0.3 is 0 Å². The quantitative estimate of drug-likeness (QED) is 0.711. The number of halogens is 1. The molecule has 13 heavy (non-hydrogen) atoms. The Hall–Kier alpha value is -0.380. The highest BCUT2D eigenvalue weighted by molar-refractivity contribution is 9.10. The molecule has 1 aromatic rings. The molecule has 0 saturated heterocycles. The summed E-state index contributed by atoms with van der Waals surface area (Å²) in [5.41, 5.74) is 0. The molecule has 0 spiro atoms. The first-order valence-corrected chi connectivity index (χ1v) is 5.73. The van der Waals surface area contributed by atoms with E-state index in [1.165, 1.54) is 38.5 Å². The normalized spacial score (nSPS) is 20.1. The van der Waals surface area contributed by atoms with Crippen LogP contribution in [-0.4, -0.2) is 15.0 Å². The zero-order chi connectivity index (χ0) is 9.10. The molecule has 0 N–H and O–H groups in total. The van der Waals surface area contributed by atoms with Crippen LogP contribution in [0.5, 0.6) is 0 Å². The lowest BCUT2D eigenvalue weighted by Crippen LogP contribution is -2.10. The summed E-state index contributed by atoms with van der Waals surface area (Å²) in [5.74, 6) is 0. The summed E-state index contributed by atoms with van der Waals surface area (Å²) >= 11 is 3.47. The molecule has 0 atom stereocenters. The highest BCUT2D eigenvalue weighted by Gasteiger charge is 2.16. The van der Waals surface area contributed by atoms with E-state index in [1.807, 2.05) is 4.68 Å². The zero-order valence-corrected chi connectivity index (χ0v) is 9.20. The minimum Gasteiger partial charge on any atom is -0.235 e. The second kappa shape index (κ2) is 4.22. The Morgan fingerprint density at radius 2 is 1.92 bits per heavy atom. The van der Waals surface area contributed by atoms with E-state index in [4.69, 9.17) is 0 Å². The molecular weight excluding hydrogens is 230 g/mol. The van der Waals surface area contributed by atoms with E-state index >= 15 is 0 Å². The summed E-state index contributed by atoms with van der Waals surface area (Å²) in [4.78, 5) is 0. The second-order valence-electron chi connectivity index (χ2n) is 3.65. The average Bonchev–Trinajstić information content (AvgIpc) is 2.43. The number of rotatable bonds is 1. The fraction of sp³-hybridized carbons (Fsp3) is 0.778. The minimum atomic E-state index is 0.569. The molecule has 1 heterocycles. The molecule has 0 bridgehead atoms. The van der Waals surface area contributed by atoms with Crippen LogP contribution in [0.15, 0.2) is 10.8 Å². The smallest absolute Gasteiger partial charge is 0.124 e. The minimum absolute atomic E-state index is 0.569. The van der Waals surface area contributed by atoms with E-state index in [0.29, 0.717) is 6.04 Å². The predicted octanol–water partition coefficient (Wildman–Crippen LogP) is 2.94. The molecule has 1 aromatic heterocycles. The van der Waals surface area contributed by atoms with Crippen LogP contribution in [0.3, 0.4) is 0 Å². The lowest BCUT2D eigenvalue weighted by atomic mass is 10.1. The van der Waals surface area contributed by atoms with E-state index in [2.05, 4.69) is 26.2 Å². The molecule has 0 amide bonds. The van der Waals surface area contributed by atoms with Gasteiger partial charge in [-0.15, -0.1) is 5.10 Å². The van der Waals surface area contributed by atoms with E-state index < -0.39 is 0 Å². The zero-order valence-electron chi connectivity index (χ0n) is 7.62. The maximum absolute atomic E-state index is 4.10. The first kappa shape index (κ1) is 9.19. The largest absolute Gasteiger partial charge is 0.235 e. The summed E-state index contributed by atoms with van der Waals surface area (Å²) < 4.78 is 3.03. The lowest BCUT2D eigenvalue weighted by Gasteiger charge is -2.14. The first-order chi connectivity index (χ1) is 6.38. The van der Waals surface area contributed by atoms with Crippen LogP contribution >= 0.6 is 15.9 Å². The van der Waals surface area contributed by atoms with Gasteiger partial charge in [0.05, 0.1) is 12.2 Å². The van der Waals surface area contributed by atoms with Crippen molar-refractivity contribution in [2.75, 3.05) is 0 Å². The first-order valence-electron chi connectivity index (χ1n) is 4.93. The standard InChI is InChI=1S/C9H14BrN3/c10-9-7-11-12-13(9)8-5-3-1-2-4-6-8/h7-8H,1-6H2. The molecule has 0 aliphatic heterocycles. The summed E-state index contributed by atoms with van der Waals surface area (Å²) in [6.45, 7) is 0. The third kappa shape index (κ3) is 2.10. The molecule has 0 radical (unpaired) electrons. The highest BCUT2D eigenvalue weighted by atomic mass is 79.9. The molecule has 4 heteroatoms. The van der Waals surface area contributed by atoms with E-state index in [0.717, 1.165) is 4.60 Å². The molecule has 72 valence electrons. The van der Waals surface area contributed by atoms with Crippen molar-refractivity contribution in [2.24, 2.45) is 0 Å². The summed E-state index contributed by atoms with van der Waals surface area (Å²) in [6.07, 6.45) is 9.69. The molecule has 3 nitrogen and oxygen atoms in total. The van der Waals surface area contributed by atoms with E-state index in [9.17, 15) is 0 Å². The van der Waals surface area contributed by atoms with Crippen molar-refractivity contribution in [3.05, 3.63) is 10.8 Å². The van der Waals surface area contributed by atoms with Crippen LogP contribution in [0.2, 0.25) is 0 Å². The molecule has 0 aromatic carbocycles. The van der Waals surface area contributed by atoms with Crippen LogP contribution in [-0.2, 0) is 0 Å². The Morgan fingerprint density at radius 1 is 1.23 bits per heavy atom. The van der Waals surface area contributed by atoms with E-state index in [1.54, 1.807) is 6.20 Å². The third-order valence-electron chi connectivity index (χ3n) is 2.70. The van der Waals surface area contributed by atoms with Gasteiger partial charge in [0.2, 0.25) is 0 Å². The molecule has 1 aliphatic carbocycles. The van der Waals surface area contributed by atoms with Gasteiger partial charge in [-0.2, -0.15) is 0 Å². The lowest BCUT2D eigenvalue weighted by molar-refractivity contribution is 0.390. The van der Waals surface area contributed by atoms with Crippen LogP contribution in [0, 0.1) is 0 Å². The maximum Gasteiger partial charge on any atom is 0.124 e. The maximum atomic E-state index is 4.10. The fourth-order valence-electron chi connectivity index (χ4n) is 1.98. The van der Waals surface area contributed by atoms with Gasteiger partial charge in [-0.3, -0.25) is 0 Å². The van der Waals surface area contributed by atoms with Crippen molar-refractivity contribution < 1.29 is 0 Å². The molecule has 2 rings (SSSR count). The summed E-state index contributed by atoms with van der Waals surface area (Å²) in [5, 5.41) is 7.99. The van der Waals surface area contributed by atoms with Gasteiger partial charge in [-0.05, 0) is 28.8 Å². The van der Waals surface area contributed by atoms with Gasteiger partial charge in [-0.1, -0.05) is 30.9 Å². The highest BCUT2D eigenvalue weighted by Crippen LogP contribution is 2.28. The Labute approximate surface area is 86.6 Å². The number of hydrogen-bond acceptors (Lipinski definition) is 2. The molecule has 1 aliphatic rings. The average molecular weight is 244 g/mol. The number of hydrogen-bond donors (Lipinski definition) is 0. The fourth-order valence-corrected chi connectivity index (χ4v) is 2.43. The van der Waals surface area contributed by atoms with Crippen LogP contribution < -0.4 is 0 Å². The van der Waals surface area contributed by atoms with Crippen LogP contribution in [0.25, 0.3) is 0 Å². The van der Waals surface area contributed by atoms with Gasteiger partial charge in [0.25, 0.3) is 0 Å². The van der Waals surface area contributed by atoms with Crippen molar-refractivity contribution in [3.8, 4) is 0 Å². The predicted molar refractivity (Wildman–Crippen MR) is 54.5 cm³/mol. The van der Waals surface area contributed by atoms with Crippen molar-refractivity contribution in [1.82, 2.24) is 15.0 Å². The SMILES string of the molecule is Brc1cnnn1C1CCCCCC1. The summed E-state index contributed by atoms with van der Waals surface area (Å²) in [7, 11) is 0. The molecule has 0 unspecified atom stereocenters. The van der Waals surface area contributed by atoms with Gasteiger partial charge in [0.15, 0.2) is 0 Å². The second-order valence-corrected chi connectivity index (χ2v) is 4.46. The Bertz CT molecular complexity index is 264. The van der Waals surface area contributed by atoms with Gasteiger partial charge in [0, 0.05) is 0 Å². The topological polar surface area (TPSA) is 30.7 Å². The Morgan fingerprint density at radius 3 is 2.46 bits per heavy atom. The van der Waals surface area contributed by atoms with Crippen LogP contribution in [0.4, 0.5) is 0 Å². The van der Waals surface area contributed by atoms with Gasteiger partial charge in [0.1, 0.15) is 4.60 Å². The number of nitrogens with zero attached hydrogens (tertiary/aromatic N) is 3. The van der Waals surface area contributed by atoms with Crippen molar-refractivity contribution in [3.63, 3.8) is 0 Å². The third-order valence-corrected chi connectivity index (χ3v) is 3.27. The van der Waals surface area contributed by atoms with Crippen molar-refractivity contribution in [2.45, 2.75) is 44.6 Å². The molecule has 1 fully saturated rings. The number of aromatic nitrogens is 3. The molecular formula is C9H14BrN3. The summed E-state index contributed by atoms with van der Waals surface area (Å²) in [6, 6.07) is 0.569. The monoisotopic (exact) mass is 243 g/mol. The van der Waals surface area contributed by atoms with Gasteiger partial charge >= 0.3 is 0 Å². The molecule has 1 saturated carbocycles. The van der Waals surface area contributed by atoms with E-state index in [-0.39, 0.29) is 0 Å². The van der Waals surface area contributed by atoms with Gasteiger partial charge in [-0.25, -0.2) is 4.68 Å². The Kier molecular flexibility index (Phi) is 2.98. The van der Waals surface area contributed by atoms with Crippen molar-refractivity contribution >= 4 is 15.9 Å². The Balaban J connectivity index is 2.10. The van der Waals surface area contributed by atoms with Crippen LogP contribution in [0.1, 0.15) is 44.6 Å². The van der Waals surface area contributed by atoms with Crippen molar-refractivity contribution in [1.29, 1.82) is 0 Å².